The van der Waals surface area contributed by atoms with Crippen LogP contribution in [0.25, 0.3) is 22.6 Å². The van der Waals surface area contributed by atoms with E-state index in [-0.39, 0.29) is 5.82 Å². The van der Waals surface area contributed by atoms with E-state index in [1.54, 1.807) is 12.4 Å². The third kappa shape index (κ3) is 4.17. The van der Waals surface area contributed by atoms with Crippen LogP contribution in [0.15, 0.2) is 48.9 Å². The van der Waals surface area contributed by atoms with Gasteiger partial charge in [-0.3, -0.25) is 9.88 Å². The maximum Gasteiger partial charge on any atom is 0.159 e. The van der Waals surface area contributed by atoms with Crippen LogP contribution in [0, 0.1) is 5.82 Å². The fraction of sp³-hybridized carbons (Fsp3) is 0.261. The smallest absolute Gasteiger partial charge is 0.159 e. The lowest BCUT2D eigenvalue weighted by Crippen LogP contribution is -2.46. The van der Waals surface area contributed by atoms with Gasteiger partial charge >= 0.3 is 0 Å². The van der Waals surface area contributed by atoms with Crippen molar-refractivity contribution in [2.75, 3.05) is 31.1 Å². The zero-order chi connectivity index (χ0) is 22.1. The highest BCUT2D eigenvalue weighted by Gasteiger charge is 2.23. The molecule has 1 aliphatic rings. The summed E-state index contributed by atoms with van der Waals surface area (Å²) in [5.41, 5.74) is 11.0. The second-order valence-corrected chi connectivity index (χ2v) is 8.32. The Morgan fingerprint density at radius 3 is 2.53 bits per heavy atom. The van der Waals surface area contributed by atoms with Crippen LogP contribution in [0.4, 0.5) is 10.1 Å². The van der Waals surface area contributed by atoms with Gasteiger partial charge in [0.1, 0.15) is 17.2 Å². The van der Waals surface area contributed by atoms with E-state index in [0.29, 0.717) is 23.8 Å². The molecule has 0 unspecified atom stereocenters. The van der Waals surface area contributed by atoms with Crippen molar-refractivity contribution < 1.29 is 4.39 Å². The van der Waals surface area contributed by atoms with Gasteiger partial charge in [-0.05, 0) is 17.2 Å². The van der Waals surface area contributed by atoms with Gasteiger partial charge in [0.15, 0.2) is 5.65 Å². The molecule has 1 fully saturated rings. The molecular formula is C23H23ClFN7. The fourth-order valence-electron chi connectivity index (χ4n) is 4.08. The predicted molar refractivity (Wildman–Crippen MR) is 124 cm³/mol. The zero-order valence-electron chi connectivity index (χ0n) is 17.4. The Morgan fingerprint density at radius 1 is 1.03 bits per heavy atom. The van der Waals surface area contributed by atoms with Crippen molar-refractivity contribution in [1.29, 1.82) is 0 Å². The third-order valence-electron chi connectivity index (χ3n) is 5.76. The Bertz CT molecular complexity index is 1230. The van der Waals surface area contributed by atoms with Crippen molar-refractivity contribution in [1.82, 2.24) is 24.8 Å². The number of fused-ring (bicyclic) bond motifs is 1. The summed E-state index contributed by atoms with van der Waals surface area (Å²) in [6.07, 6.45) is 4.61. The van der Waals surface area contributed by atoms with E-state index < -0.39 is 0 Å². The molecule has 0 aliphatic carbocycles. The Labute approximate surface area is 190 Å². The molecule has 3 N–H and O–H groups in total. The first kappa shape index (κ1) is 20.8. The number of hydrogen-bond acceptors (Lipinski definition) is 6. The third-order valence-corrected chi connectivity index (χ3v) is 6.04. The fourth-order valence-corrected chi connectivity index (χ4v) is 4.34. The van der Waals surface area contributed by atoms with Gasteiger partial charge in [0, 0.05) is 51.0 Å². The van der Waals surface area contributed by atoms with Crippen LogP contribution < -0.4 is 10.6 Å². The summed E-state index contributed by atoms with van der Waals surface area (Å²) >= 11 is 6.58. The highest BCUT2D eigenvalue weighted by molar-refractivity contribution is 6.34. The number of anilines is 1. The summed E-state index contributed by atoms with van der Waals surface area (Å²) in [4.78, 5) is 21.1. The molecule has 1 saturated heterocycles. The first-order chi connectivity index (χ1) is 15.6. The number of aromatic amines is 1. The molecule has 32 heavy (non-hydrogen) atoms. The SMILES string of the molecule is NCc1ccc(-c2nc3c(N4CCN(Cc5cncc(F)c5)CC4)c(Cl)cnc3[nH]2)cc1. The average Bonchev–Trinajstić information content (AvgIpc) is 3.24. The molecular weight excluding hydrogens is 429 g/mol. The van der Waals surface area contributed by atoms with E-state index in [4.69, 9.17) is 22.3 Å². The number of piperazine rings is 1. The molecule has 7 nitrogen and oxygen atoms in total. The monoisotopic (exact) mass is 451 g/mol. The number of halogens is 2. The molecule has 0 bridgehead atoms. The zero-order valence-corrected chi connectivity index (χ0v) is 18.2. The van der Waals surface area contributed by atoms with Gasteiger partial charge in [-0.25, -0.2) is 14.4 Å². The summed E-state index contributed by atoms with van der Waals surface area (Å²) in [7, 11) is 0. The van der Waals surface area contributed by atoms with Crippen LogP contribution in [0.1, 0.15) is 11.1 Å². The second-order valence-electron chi connectivity index (χ2n) is 7.91. The number of rotatable bonds is 5. The van der Waals surface area contributed by atoms with Crippen molar-refractivity contribution in [2.45, 2.75) is 13.1 Å². The van der Waals surface area contributed by atoms with Crippen LogP contribution >= 0.6 is 11.6 Å². The van der Waals surface area contributed by atoms with Crippen LogP contribution in [0.5, 0.6) is 0 Å². The summed E-state index contributed by atoms with van der Waals surface area (Å²) < 4.78 is 13.4. The molecule has 4 aromatic rings. The number of H-pyrrole nitrogens is 1. The molecule has 0 radical (unpaired) electrons. The van der Waals surface area contributed by atoms with Crippen LogP contribution in [-0.4, -0.2) is 51.0 Å². The van der Waals surface area contributed by atoms with Gasteiger partial charge in [0.2, 0.25) is 0 Å². The summed E-state index contributed by atoms with van der Waals surface area (Å²) in [5.74, 6) is 0.441. The van der Waals surface area contributed by atoms with Gasteiger partial charge in [-0.15, -0.1) is 0 Å². The lowest BCUT2D eigenvalue weighted by Gasteiger charge is -2.36. The van der Waals surface area contributed by atoms with Gasteiger partial charge in [0.05, 0.1) is 23.1 Å². The number of nitrogens with two attached hydrogens (primary N) is 1. The van der Waals surface area contributed by atoms with E-state index >= 15 is 0 Å². The van der Waals surface area contributed by atoms with Gasteiger partial charge in [-0.1, -0.05) is 35.9 Å². The summed E-state index contributed by atoms with van der Waals surface area (Å²) in [6, 6.07) is 9.53. The molecule has 4 heterocycles. The first-order valence-corrected chi connectivity index (χ1v) is 10.9. The Kier molecular flexibility index (Phi) is 5.73. The predicted octanol–water partition coefficient (Wildman–Crippen LogP) is 3.59. The standard InChI is InChI=1S/C23H23ClFN7/c24-19-13-28-23-20(29-22(30-23)17-3-1-15(10-26)2-4-17)21(19)32-7-5-31(6-8-32)14-16-9-18(25)12-27-11-16/h1-4,9,11-13H,5-8,10,14,26H2,(H,28,29,30). The summed E-state index contributed by atoms with van der Waals surface area (Å²) in [6.45, 7) is 4.40. The second kappa shape index (κ2) is 8.82. The highest BCUT2D eigenvalue weighted by atomic mass is 35.5. The lowest BCUT2D eigenvalue weighted by atomic mass is 10.1. The molecule has 3 aromatic heterocycles. The number of aromatic nitrogens is 4. The number of hydrogen-bond donors (Lipinski definition) is 2. The lowest BCUT2D eigenvalue weighted by molar-refractivity contribution is 0.249. The van der Waals surface area contributed by atoms with Crippen molar-refractivity contribution in [3.63, 3.8) is 0 Å². The maximum atomic E-state index is 13.4. The number of benzene rings is 1. The van der Waals surface area contributed by atoms with Gasteiger partial charge in [-0.2, -0.15) is 0 Å². The molecule has 0 amide bonds. The number of imidazole rings is 1. The Morgan fingerprint density at radius 2 is 1.81 bits per heavy atom. The minimum Gasteiger partial charge on any atom is -0.366 e. The van der Waals surface area contributed by atoms with Crippen molar-refractivity contribution in [3.05, 3.63) is 70.9 Å². The van der Waals surface area contributed by atoms with Crippen LogP contribution in [0.2, 0.25) is 5.02 Å². The maximum absolute atomic E-state index is 13.4. The van der Waals surface area contributed by atoms with Crippen LogP contribution in [0.3, 0.4) is 0 Å². The van der Waals surface area contributed by atoms with Gasteiger partial charge < -0.3 is 15.6 Å². The molecule has 0 saturated carbocycles. The molecule has 9 heteroatoms. The van der Waals surface area contributed by atoms with Gasteiger partial charge in [0.25, 0.3) is 0 Å². The number of nitrogens with one attached hydrogen (secondary N) is 1. The van der Waals surface area contributed by atoms with Crippen molar-refractivity contribution >= 4 is 28.5 Å². The van der Waals surface area contributed by atoms with E-state index in [2.05, 4.69) is 24.8 Å². The Hall–Kier alpha value is -3.07. The van der Waals surface area contributed by atoms with E-state index in [1.807, 2.05) is 24.3 Å². The number of pyridine rings is 2. The molecule has 0 spiro atoms. The normalized spacial score (nSPS) is 14.9. The van der Waals surface area contributed by atoms with E-state index in [0.717, 1.165) is 59.9 Å². The largest absolute Gasteiger partial charge is 0.366 e. The minimum atomic E-state index is -0.306. The first-order valence-electron chi connectivity index (χ1n) is 10.5. The Balaban J connectivity index is 1.37. The molecule has 0 atom stereocenters. The van der Waals surface area contributed by atoms with Crippen molar-refractivity contribution in [2.24, 2.45) is 5.73 Å². The van der Waals surface area contributed by atoms with Crippen molar-refractivity contribution in [3.8, 4) is 11.4 Å². The topological polar surface area (TPSA) is 87.0 Å². The molecule has 1 aliphatic heterocycles. The molecule has 164 valence electrons. The van der Waals surface area contributed by atoms with Crippen LogP contribution in [-0.2, 0) is 13.1 Å². The van der Waals surface area contributed by atoms with E-state index in [9.17, 15) is 4.39 Å². The average molecular weight is 452 g/mol. The quantitative estimate of drug-likeness (QED) is 0.482. The van der Waals surface area contributed by atoms with E-state index in [1.165, 1.54) is 12.3 Å². The molecule has 5 rings (SSSR count). The highest BCUT2D eigenvalue weighted by Crippen LogP contribution is 2.34. The summed E-state index contributed by atoms with van der Waals surface area (Å²) in [5, 5.41) is 0.580. The number of nitrogens with zero attached hydrogens (tertiary/aromatic N) is 5. The molecule has 1 aromatic carbocycles. The minimum absolute atomic E-state index is 0.306.